The number of amides is 1. The van der Waals surface area contributed by atoms with Gasteiger partial charge in [0.25, 0.3) is 0 Å². The van der Waals surface area contributed by atoms with Crippen molar-refractivity contribution in [2.45, 2.75) is 25.3 Å². The zero-order chi connectivity index (χ0) is 21.8. The van der Waals surface area contributed by atoms with Gasteiger partial charge in [0.1, 0.15) is 18.9 Å². The summed E-state index contributed by atoms with van der Waals surface area (Å²) in [6, 6.07) is 1.52. The molecule has 1 aliphatic heterocycles. The van der Waals surface area contributed by atoms with Crippen LogP contribution in [-0.2, 0) is 4.74 Å². The maximum absolute atomic E-state index is 14.4. The lowest BCUT2D eigenvalue weighted by Gasteiger charge is -2.35. The molecule has 31 heavy (non-hydrogen) atoms. The minimum Gasteiger partial charge on any atom is -0.447 e. The summed E-state index contributed by atoms with van der Waals surface area (Å²) in [6.45, 7) is -0.216. The van der Waals surface area contributed by atoms with Crippen LogP contribution in [0, 0.1) is 5.82 Å². The molecule has 0 unspecified atom stereocenters. The molecule has 1 aliphatic rings. The van der Waals surface area contributed by atoms with Gasteiger partial charge in [0.2, 0.25) is 0 Å². The number of carbonyl (C=O) groups excluding carboxylic acids is 1. The Labute approximate surface area is 182 Å². The highest BCUT2D eigenvalue weighted by molar-refractivity contribution is 6.31. The standard InChI is InChI=1S/C20H21ClF2N6O2/c21-12-7-14-15(10-26-17(14)24-8-12)18-27-11-16(23)19(28-18)25-9-13-3-1-2-5-29(13)20(30)31-6-4-22/h7-8,10-11,13H,1-6,9H2,(H,24,26)(H,25,27,28)/t13-/m0/s1. The second kappa shape index (κ2) is 9.42. The van der Waals surface area contributed by atoms with Crippen LogP contribution in [0.1, 0.15) is 19.3 Å². The quantitative estimate of drug-likeness (QED) is 0.584. The summed E-state index contributed by atoms with van der Waals surface area (Å²) in [7, 11) is 0. The van der Waals surface area contributed by atoms with Gasteiger partial charge in [0, 0.05) is 36.4 Å². The molecule has 0 aliphatic carbocycles. The molecule has 1 atom stereocenters. The summed E-state index contributed by atoms with van der Waals surface area (Å²) >= 11 is 6.05. The van der Waals surface area contributed by atoms with E-state index in [2.05, 4.69) is 25.3 Å². The van der Waals surface area contributed by atoms with Gasteiger partial charge >= 0.3 is 6.09 Å². The molecule has 4 rings (SSSR count). The van der Waals surface area contributed by atoms with Crippen molar-refractivity contribution in [3.8, 4) is 11.4 Å². The number of rotatable bonds is 6. The molecule has 1 saturated heterocycles. The van der Waals surface area contributed by atoms with E-state index < -0.39 is 18.6 Å². The summed E-state index contributed by atoms with van der Waals surface area (Å²) in [4.78, 5) is 29.4. The fraction of sp³-hybridized carbons (Fsp3) is 0.400. The smallest absolute Gasteiger partial charge is 0.410 e. The number of carbonyl (C=O) groups is 1. The van der Waals surface area contributed by atoms with Crippen molar-refractivity contribution in [1.29, 1.82) is 0 Å². The Kier molecular flexibility index (Phi) is 6.45. The predicted octanol–water partition coefficient (Wildman–Crippen LogP) is 4.18. The lowest BCUT2D eigenvalue weighted by Crippen LogP contribution is -2.47. The van der Waals surface area contributed by atoms with Gasteiger partial charge < -0.3 is 19.9 Å². The summed E-state index contributed by atoms with van der Waals surface area (Å²) in [5.41, 5.74) is 1.26. The molecule has 2 N–H and O–H groups in total. The minimum atomic E-state index is -0.730. The number of ether oxygens (including phenoxy) is 1. The molecule has 0 saturated carbocycles. The van der Waals surface area contributed by atoms with Crippen LogP contribution in [-0.4, -0.2) is 63.3 Å². The molecule has 1 amide bonds. The molecular formula is C20H21ClF2N6O2. The number of anilines is 1. The number of likely N-dealkylation sites (tertiary alicyclic amines) is 1. The van der Waals surface area contributed by atoms with Gasteiger partial charge in [0.15, 0.2) is 17.5 Å². The molecule has 0 radical (unpaired) electrons. The molecule has 0 aromatic carbocycles. The number of pyridine rings is 1. The SMILES string of the molecule is O=C(OCCF)N1CCCC[C@H]1CNc1nc(-c2c[nH]c3ncc(Cl)cc23)ncc1F. The Morgan fingerprint density at radius 3 is 3.06 bits per heavy atom. The Morgan fingerprint density at radius 2 is 2.23 bits per heavy atom. The van der Waals surface area contributed by atoms with Crippen LogP contribution >= 0.6 is 11.6 Å². The summed E-state index contributed by atoms with van der Waals surface area (Å²) in [5, 5.41) is 4.17. The van der Waals surface area contributed by atoms with Crippen LogP contribution in [0.3, 0.4) is 0 Å². The maximum atomic E-state index is 14.4. The van der Waals surface area contributed by atoms with Gasteiger partial charge in [-0.3, -0.25) is 0 Å². The fourth-order valence-electron chi connectivity index (χ4n) is 3.66. The van der Waals surface area contributed by atoms with Crippen LogP contribution in [0.15, 0.2) is 24.7 Å². The number of nitrogens with zero attached hydrogens (tertiary/aromatic N) is 4. The Hall–Kier alpha value is -3.01. The molecule has 3 aromatic heterocycles. The van der Waals surface area contributed by atoms with Crippen molar-refractivity contribution in [1.82, 2.24) is 24.8 Å². The van der Waals surface area contributed by atoms with Crippen LogP contribution in [0.5, 0.6) is 0 Å². The summed E-state index contributed by atoms with van der Waals surface area (Å²) < 4.78 is 31.6. The molecule has 3 aromatic rings. The molecule has 8 nitrogen and oxygen atoms in total. The van der Waals surface area contributed by atoms with E-state index in [9.17, 15) is 13.6 Å². The van der Waals surface area contributed by atoms with Crippen LogP contribution < -0.4 is 5.32 Å². The van der Waals surface area contributed by atoms with Gasteiger partial charge in [0.05, 0.1) is 17.3 Å². The number of alkyl halides is 1. The second-order valence-electron chi connectivity index (χ2n) is 7.17. The number of halogens is 3. The average Bonchev–Trinajstić information content (AvgIpc) is 3.20. The Morgan fingerprint density at radius 1 is 1.35 bits per heavy atom. The molecule has 11 heteroatoms. The lowest BCUT2D eigenvalue weighted by atomic mass is 10.0. The van der Waals surface area contributed by atoms with Gasteiger partial charge in [-0.15, -0.1) is 0 Å². The zero-order valence-electron chi connectivity index (χ0n) is 16.6. The summed E-state index contributed by atoms with van der Waals surface area (Å²) in [5.74, 6) is -0.277. The topological polar surface area (TPSA) is 96.0 Å². The van der Waals surface area contributed by atoms with Crippen molar-refractivity contribution in [3.05, 3.63) is 35.5 Å². The maximum Gasteiger partial charge on any atom is 0.410 e. The number of fused-ring (bicyclic) bond motifs is 1. The first-order valence-corrected chi connectivity index (χ1v) is 10.3. The van der Waals surface area contributed by atoms with Crippen molar-refractivity contribution >= 4 is 34.5 Å². The molecule has 4 heterocycles. The van der Waals surface area contributed by atoms with Gasteiger partial charge in [-0.05, 0) is 25.3 Å². The molecule has 164 valence electrons. The third kappa shape index (κ3) is 4.68. The number of hydrogen-bond acceptors (Lipinski definition) is 6. The zero-order valence-corrected chi connectivity index (χ0v) is 17.3. The Balaban J connectivity index is 1.52. The van der Waals surface area contributed by atoms with Gasteiger partial charge in [-0.1, -0.05) is 11.6 Å². The number of nitrogens with one attached hydrogen (secondary N) is 2. The number of hydrogen-bond donors (Lipinski definition) is 2. The molecule has 0 spiro atoms. The van der Waals surface area contributed by atoms with Crippen molar-refractivity contribution in [2.75, 3.05) is 31.7 Å². The van der Waals surface area contributed by atoms with E-state index in [1.165, 1.54) is 6.20 Å². The third-order valence-corrected chi connectivity index (χ3v) is 5.36. The number of aromatic amines is 1. The van der Waals surface area contributed by atoms with E-state index in [1.807, 2.05) is 0 Å². The first-order chi connectivity index (χ1) is 15.1. The van der Waals surface area contributed by atoms with Crippen LogP contribution in [0.4, 0.5) is 19.4 Å². The third-order valence-electron chi connectivity index (χ3n) is 5.15. The molecular weight excluding hydrogens is 430 g/mol. The highest BCUT2D eigenvalue weighted by atomic mass is 35.5. The molecule has 1 fully saturated rings. The number of H-pyrrole nitrogens is 1. The number of aromatic nitrogens is 4. The van der Waals surface area contributed by atoms with E-state index in [-0.39, 0.29) is 25.0 Å². The van der Waals surface area contributed by atoms with Gasteiger partial charge in [-0.25, -0.2) is 28.5 Å². The Bertz CT molecular complexity index is 1080. The fourth-order valence-corrected chi connectivity index (χ4v) is 3.82. The number of piperidine rings is 1. The van der Waals surface area contributed by atoms with E-state index >= 15 is 0 Å². The minimum absolute atomic E-state index is 0.0250. The van der Waals surface area contributed by atoms with Gasteiger partial charge in [-0.2, -0.15) is 0 Å². The largest absolute Gasteiger partial charge is 0.447 e. The highest BCUT2D eigenvalue weighted by Crippen LogP contribution is 2.28. The molecule has 0 bridgehead atoms. The first-order valence-electron chi connectivity index (χ1n) is 9.95. The lowest BCUT2D eigenvalue weighted by molar-refractivity contribution is 0.0716. The second-order valence-corrected chi connectivity index (χ2v) is 7.61. The van der Waals surface area contributed by atoms with E-state index in [0.29, 0.717) is 28.6 Å². The van der Waals surface area contributed by atoms with E-state index in [4.69, 9.17) is 16.3 Å². The highest BCUT2D eigenvalue weighted by Gasteiger charge is 2.28. The van der Waals surface area contributed by atoms with Crippen molar-refractivity contribution in [2.24, 2.45) is 0 Å². The van der Waals surface area contributed by atoms with E-state index in [0.717, 1.165) is 30.8 Å². The summed E-state index contributed by atoms with van der Waals surface area (Å²) in [6.07, 6.45) is 6.24. The van der Waals surface area contributed by atoms with Crippen LogP contribution in [0.2, 0.25) is 5.02 Å². The van der Waals surface area contributed by atoms with Crippen LogP contribution in [0.25, 0.3) is 22.4 Å². The predicted molar refractivity (Wildman–Crippen MR) is 112 cm³/mol. The normalized spacial score (nSPS) is 16.5. The first kappa shape index (κ1) is 21.2. The van der Waals surface area contributed by atoms with Crippen molar-refractivity contribution in [3.63, 3.8) is 0 Å². The van der Waals surface area contributed by atoms with E-state index in [1.54, 1.807) is 17.2 Å². The monoisotopic (exact) mass is 450 g/mol. The average molecular weight is 451 g/mol. The van der Waals surface area contributed by atoms with Crippen molar-refractivity contribution < 1.29 is 18.3 Å².